The van der Waals surface area contributed by atoms with Gasteiger partial charge in [-0.15, -0.1) is 23.2 Å². The maximum atomic E-state index is 12.2. The molecule has 3 rings (SSSR count). The Morgan fingerprint density at radius 1 is 1.14 bits per heavy atom. The zero-order chi connectivity index (χ0) is 15.0. The first kappa shape index (κ1) is 15.1. The number of alkyl halides is 2. The van der Waals surface area contributed by atoms with E-state index in [9.17, 15) is 4.79 Å². The monoisotopic (exact) mass is 431 g/mol. The molecule has 2 nitrogen and oxygen atoms in total. The number of benzene rings is 2. The fourth-order valence-corrected chi connectivity index (χ4v) is 3.41. The zero-order valence-corrected chi connectivity index (χ0v) is 14.6. The minimum absolute atomic E-state index is 0.108. The number of amides is 1. The van der Waals surface area contributed by atoms with Crippen molar-refractivity contribution in [2.45, 2.75) is 16.7 Å². The van der Waals surface area contributed by atoms with Crippen LogP contribution in [0.4, 0.5) is 5.69 Å². The molecule has 0 unspecified atom stereocenters. The van der Waals surface area contributed by atoms with Crippen LogP contribution in [0.3, 0.4) is 0 Å². The molecule has 0 aliphatic heterocycles. The molecular formula is C16H12Cl2INO. The molecule has 0 aromatic heterocycles. The molecule has 1 fully saturated rings. The Labute approximate surface area is 147 Å². The molecule has 1 amide bonds. The summed E-state index contributed by atoms with van der Waals surface area (Å²) >= 11 is 14.3. The van der Waals surface area contributed by atoms with Crippen LogP contribution in [0.25, 0.3) is 0 Å². The highest BCUT2D eigenvalue weighted by Crippen LogP contribution is 2.59. The molecule has 108 valence electrons. The van der Waals surface area contributed by atoms with Crippen molar-refractivity contribution in [2.75, 3.05) is 5.32 Å². The summed E-state index contributed by atoms with van der Waals surface area (Å²) in [6.07, 6.45) is 0.782. The second-order valence-electron chi connectivity index (χ2n) is 5.07. The van der Waals surface area contributed by atoms with Gasteiger partial charge in [-0.2, -0.15) is 0 Å². The molecule has 5 heteroatoms. The van der Waals surface area contributed by atoms with E-state index in [2.05, 4.69) is 27.9 Å². The van der Waals surface area contributed by atoms with Crippen LogP contribution in [-0.2, 0) is 0 Å². The third-order valence-electron chi connectivity index (χ3n) is 3.52. The lowest BCUT2D eigenvalue weighted by Gasteiger charge is -2.08. The van der Waals surface area contributed by atoms with E-state index in [1.165, 1.54) is 0 Å². The lowest BCUT2D eigenvalue weighted by molar-refractivity contribution is 0.102. The predicted molar refractivity (Wildman–Crippen MR) is 95.3 cm³/mol. The quantitative estimate of drug-likeness (QED) is 0.524. The maximum absolute atomic E-state index is 12.2. The highest BCUT2D eigenvalue weighted by atomic mass is 127. The van der Waals surface area contributed by atoms with Gasteiger partial charge in [0, 0.05) is 15.2 Å². The van der Waals surface area contributed by atoms with Gasteiger partial charge in [0.15, 0.2) is 0 Å². The topological polar surface area (TPSA) is 29.1 Å². The average molecular weight is 432 g/mol. The first-order valence-electron chi connectivity index (χ1n) is 6.51. The minimum atomic E-state index is -0.620. The van der Waals surface area contributed by atoms with Crippen molar-refractivity contribution in [1.29, 1.82) is 0 Å². The SMILES string of the molecule is O=C(Nc1ccc([C@@H]2CC2(Cl)Cl)cc1)c1ccccc1I. The molecule has 0 bridgehead atoms. The number of anilines is 1. The van der Waals surface area contributed by atoms with E-state index in [0.29, 0.717) is 5.56 Å². The Kier molecular flexibility index (Phi) is 4.17. The van der Waals surface area contributed by atoms with Crippen molar-refractivity contribution in [3.05, 3.63) is 63.2 Å². The second-order valence-corrected chi connectivity index (χ2v) is 7.78. The van der Waals surface area contributed by atoms with Gasteiger partial charge in [-0.05, 0) is 58.8 Å². The van der Waals surface area contributed by atoms with E-state index in [1.807, 2.05) is 48.5 Å². The largest absolute Gasteiger partial charge is 0.322 e. The highest BCUT2D eigenvalue weighted by Gasteiger charge is 2.52. The van der Waals surface area contributed by atoms with E-state index in [4.69, 9.17) is 23.2 Å². The van der Waals surface area contributed by atoms with Gasteiger partial charge in [-0.3, -0.25) is 4.79 Å². The van der Waals surface area contributed by atoms with Crippen LogP contribution >= 0.6 is 45.8 Å². The highest BCUT2D eigenvalue weighted by molar-refractivity contribution is 14.1. The predicted octanol–water partition coefficient (Wildman–Crippen LogP) is 5.20. The van der Waals surface area contributed by atoms with Crippen LogP contribution < -0.4 is 5.32 Å². The maximum Gasteiger partial charge on any atom is 0.256 e. The van der Waals surface area contributed by atoms with E-state index in [0.717, 1.165) is 21.2 Å². The third-order valence-corrected chi connectivity index (χ3v) is 5.29. The number of rotatable bonds is 3. The van der Waals surface area contributed by atoms with Gasteiger partial charge in [0.25, 0.3) is 5.91 Å². The number of nitrogens with one attached hydrogen (secondary N) is 1. The molecular weight excluding hydrogens is 420 g/mol. The first-order chi connectivity index (χ1) is 9.97. The Morgan fingerprint density at radius 2 is 1.76 bits per heavy atom. The Balaban J connectivity index is 1.71. The molecule has 0 radical (unpaired) electrons. The van der Waals surface area contributed by atoms with E-state index in [-0.39, 0.29) is 11.8 Å². The normalized spacial score (nSPS) is 19.1. The third kappa shape index (κ3) is 3.35. The molecule has 0 spiro atoms. The number of hydrogen-bond donors (Lipinski definition) is 1. The lowest BCUT2D eigenvalue weighted by Crippen LogP contribution is -2.13. The number of carbonyl (C=O) groups excluding carboxylic acids is 1. The molecule has 0 saturated heterocycles. The lowest BCUT2D eigenvalue weighted by atomic mass is 10.1. The van der Waals surface area contributed by atoms with Crippen LogP contribution in [0.1, 0.15) is 28.3 Å². The molecule has 1 N–H and O–H groups in total. The summed E-state index contributed by atoms with van der Waals surface area (Å²) in [5.74, 6) is 0.0869. The second kappa shape index (κ2) is 5.78. The molecule has 2 aromatic carbocycles. The Morgan fingerprint density at radius 3 is 2.33 bits per heavy atom. The molecule has 1 aliphatic rings. The van der Waals surface area contributed by atoms with E-state index < -0.39 is 4.33 Å². The summed E-state index contributed by atoms with van der Waals surface area (Å²) in [5.41, 5.74) is 2.54. The summed E-state index contributed by atoms with van der Waals surface area (Å²) < 4.78 is 0.307. The van der Waals surface area contributed by atoms with E-state index in [1.54, 1.807) is 0 Å². The molecule has 1 aliphatic carbocycles. The molecule has 1 saturated carbocycles. The fraction of sp³-hybridized carbons (Fsp3) is 0.188. The molecule has 2 aromatic rings. The van der Waals surface area contributed by atoms with Crippen LogP contribution in [0.5, 0.6) is 0 Å². The zero-order valence-electron chi connectivity index (χ0n) is 10.9. The first-order valence-corrected chi connectivity index (χ1v) is 8.34. The summed E-state index contributed by atoms with van der Waals surface area (Å²) in [7, 11) is 0. The number of halogens is 3. The molecule has 21 heavy (non-hydrogen) atoms. The standard InChI is InChI=1S/C16H12Cl2INO/c17-16(18)9-13(16)10-5-7-11(8-6-10)20-15(21)12-3-1-2-4-14(12)19/h1-8,13H,9H2,(H,20,21)/t13-/m0/s1. The molecule has 0 heterocycles. The summed E-state index contributed by atoms with van der Waals surface area (Å²) in [6, 6.07) is 15.2. The van der Waals surface area contributed by atoms with Crippen molar-refractivity contribution < 1.29 is 4.79 Å². The van der Waals surface area contributed by atoms with Gasteiger partial charge in [-0.1, -0.05) is 24.3 Å². The molecule has 1 atom stereocenters. The summed E-state index contributed by atoms with van der Waals surface area (Å²) in [5, 5.41) is 2.90. The summed E-state index contributed by atoms with van der Waals surface area (Å²) in [4.78, 5) is 12.2. The van der Waals surface area contributed by atoms with Gasteiger partial charge in [0.05, 0.1) is 5.56 Å². The Bertz CT molecular complexity index is 685. The van der Waals surface area contributed by atoms with Gasteiger partial charge in [-0.25, -0.2) is 0 Å². The van der Waals surface area contributed by atoms with E-state index >= 15 is 0 Å². The van der Waals surface area contributed by atoms with Crippen molar-refractivity contribution in [1.82, 2.24) is 0 Å². The average Bonchev–Trinajstić information content (AvgIpc) is 3.09. The number of carbonyl (C=O) groups is 1. The van der Waals surface area contributed by atoms with Gasteiger partial charge in [0.1, 0.15) is 4.33 Å². The Hall–Kier alpha value is -0.780. The van der Waals surface area contributed by atoms with Crippen LogP contribution in [0.15, 0.2) is 48.5 Å². The van der Waals surface area contributed by atoms with Crippen molar-refractivity contribution in [3.63, 3.8) is 0 Å². The number of hydrogen-bond acceptors (Lipinski definition) is 1. The van der Waals surface area contributed by atoms with Crippen molar-refractivity contribution >= 4 is 57.4 Å². The van der Waals surface area contributed by atoms with Gasteiger partial charge < -0.3 is 5.32 Å². The van der Waals surface area contributed by atoms with Crippen molar-refractivity contribution in [3.8, 4) is 0 Å². The van der Waals surface area contributed by atoms with Crippen LogP contribution in [0.2, 0.25) is 0 Å². The van der Waals surface area contributed by atoms with Crippen molar-refractivity contribution in [2.24, 2.45) is 0 Å². The van der Waals surface area contributed by atoms with Gasteiger partial charge >= 0.3 is 0 Å². The minimum Gasteiger partial charge on any atom is -0.322 e. The summed E-state index contributed by atoms with van der Waals surface area (Å²) in [6.45, 7) is 0. The van der Waals surface area contributed by atoms with Crippen LogP contribution in [0, 0.1) is 3.57 Å². The van der Waals surface area contributed by atoms with Gasteiger partial charge in [0.2, 0.25) is 0 Å². The smallest absolute Gasteiger partial charge is 0.256 e. The fourth-order valence-electron chi connectivity index (χ4n) is 2.22. The van der Waals surface area contributed by atoms with Crippen LogP contribution in [-0.4, -0.2) is 10.2 Å².